The Labute approximate surface area is 139 Å². The van der Waals surface area contributed by atoms with Crippen molar-refractivity contribution in [1.82, 2.24) is 9.38 Å². The summed E-state index contributed by atoms with van der Waals surface area (Å²) >= 11 is 5.81. The minimum atomic E-state index is -1.15. The minimum absolute atomic E-state index is 0.141. The number of esters is 1. The van der Waals surface area contributed by atoms with Crippen LogP contribution in [-0.4, -0.2) is 15.4 Å². The van der Waals surface area contributed by atoms with E-state index >= 15 is 0 Å². The van der Waals surface area contributed by atoms with Gasteiger partial charge in [0.05, 0.1) is 16.3 Å². The molecule has 0 N–H and O–H groups in total. The Morgan fingerprint density at radius 2 is 1.96 bits per heavy atom. The molecule has 0 amide bonds. The Hall–Kier alpha value is -2.80. The number of carbonyl (C=O) groups is 1. The summed E-state index contributed by atoms with van der Waals surface area (Å²) in [6, 6.07) is 6.98. The number of nitrogens with zero attached hydrogens (tertiary/aromatic N) is 2. The number of pyridine rings is 1. The monoisotopic (exact) mass is 350 g/mol. The van der Waals surface area contributed by atoms with Crippen molar-refractivity contribution in [2.75, 3.05) is 0 Å². The SMILES string of the molecule is O=C(OCc1cc(=O)n2cc(Cl)ccc2n1)c1ccc(F)c(F)c1. The molecule has 0 aliphatic carbocycles. The zero-order valence-electron chi connectivity index (χ0n) is 12.0. The molecule has 0 radical (unpaired) electrons. The van der Waals surface area contributed by atoms with Gasteiger partial charge in [0.2, 0.25) is 0 Å². The first-order valence-electron chi connectivity index (χ1n) is 6.74. The van der Waals surface area contributed by atoms with Gasteiger partial charge in [0.25, 0.3) is 5.56 Å². The predicted molar refractivity (Wildman–Crippen MR) is 81.9 cm³/mol. The van der Waals surface area contributed by atoms with Gasteiger partial charge in [-0.15, -0.1) is 0 Å². The first kappa shape index (κ1) is 16.1. The van der Waals surface area contributed by atoms with Crippen LogP contribution in [0.5, 0.6) is 0 Å². The van der Waals surface area contributed by atoms with Crippen molar-refractivity contribution in [3.05, 3.63) is 80.9 Å². The summed E-state index contributed by atoms with van der Waals surface area (Å²) in [6.07, 6.45) is 1.42. The summed E-state index contributed by atoms with van der Waals surface area (Å²) in [5.41, 5.74) is 0.0311. The summed E-state index contributed by atoms with van der Waals surface area (Å²) in [5, 5.41) is 0.379. The van der Waals surface area contributed by atoms with Crippen LogP contribution >= 0.6 is 11.6 Å². The fraction of sp³-hybridized carbons (Fsp3) is 0.0625. The molecular formula is C16H9ClF2N2O3. The lowest BCUT2D eigenvalue weighted by Gasteiger charge is -2.06. The number of hydrogen-bond acceptors (Lipinski definition) is 4. The van der Waals surface area contributed by atoms with Gasteiger partial charge >= 0.3 is 5.97 Å². The Bertz CT molecular complexity index is 1000. The molecule has 0 bridgehead atoms. The van der Waals surface area contributed by atoms with Crippen LogP contribution in [-0.2, 0) is 11.3 Å². The largest absolute Gasteiger partial charge is 0.456 e. The fourth-order valence-corrected chi connectivity index (χ4v) is 2.21. The molecule has 3 aromatic rings. The summed E-state index contributed by atoms with van der Waals surface area (Å²) in [7, 11) is 0. The lowest BCUT2D eigenvalue weighted by atomic mass is 10.2. The van der Waals surface area contributed by atoms with Gasteiger partial charge in [-0.2, -0.15) is 0 Å². The van der Waals surface area contributed by atoms with Crippen LogP contribution in [0.2, 0.25) is 5.02 Å². The van der Waals surface area contributed by atoms with Crippen molar-refractivity contribution in [2.24, 2.45) is 0 Å². The Morgan fingerprint density at radius 1 is 1.17 bits per heavy atom. The molecule has 1 aromatic carbocycles. The highest BCUT2D eigenvalue weighted by Gasteiger charge is 2.12. The van der Waals surface area contributed by atoms with Gasteiger partial charge in [0.15, 0.2) is 11.6 Å². The number of carbonyl (C=O) groups excluding carboxylic acids is 1. The molecule has 24 heavy (non-hydrogen) atoms. The molecule has 2 heterocycles. The average molecular weight is 351 g/mol. The number of fused-ring (bicyclic) bond motifs is 1. The van der Waals surface area contributed by atoms with Crippen LogP contribution in [0.3, 0.4) is 0 Å². The van der Waals surface area contributed by atoms with E-state index in [4.69, 9.17) is 16.3 Å². The highest BCUT2D eigenvalue weighted by Crippen LogP contribution is 2.12. The van der Waals surface area contributed by atoms with Crippen LogP contribution in [0.15, 0.2) is 47.4 Å². The standard InChI is InChI=1S/C16H9ClF2N2O3/c17-10-2-4-14-20-11(6-15(22)21(14)7-10)8-24-16(23)9-1-3-12(18)13(19)5-9/h1-7H,8H2. The summed E-state index contributed by atoms with van der Waals surface area (Å²) < 4.78 is 32.2. The number of halogens is 3. The van der Waals surface area contributed by atoms with Gasteiger partial charge in [0, 0.05) is 12.3 Å². The summed E-state index contributed by atoms with van der Waals surface area (Å²) in [5.74, 6) is -3.06. The zero-order chi connectivity index (χ0) is 17.3. The van der Waals surface area contributed by atoms with Crippen molar-refractivity contribution in [3.63, 3.8) is 0 Å². The van der Waals surface area contributed by atoms with Gasteiger partial charge in [-0.1, -0.05) is 11.6 Å². The molecule has 0 saturated carbocycles. The third-order valence-corrected chi connectivity index (χ3v) is 3.41. The van der Waals surface area contributed by atoms with Gasteiger partial charge in [-0.3, -0.25) is 9.20 Å². The van der Waals surface area contributed by atoms with Crippen molar-refractivity contribution < 1.29 is 18.3 Å². The van der Waals surface area contributed by atoms with E-state index in [1.807, 2.05) is 0 Å². The van der Waals surface area contributed by atoms with E-state index in [2.05, 4.69) is 4.98 Å². The molecule has 5 nitrogen and oxygen atoms in total. The number of ether oxygens (including phenoxy) is 1. The summed E-state index contributed by atoms with van der Waals surface area (Å²) in [6.45, 7) is -0.286. The number of rotatable bonds is 3. The van der Waals surface area contributed by atoms with Gasteiger partial charge in [-0.25, -0.2) is 18.6 Å². The lowest BCUT2D eigenvalue weighted by Crippen LogP contribution is -2.16. The van der Waals surface area contributed by atoms with Crippen molar-refractivity contribution in [2.45, 2.75) is 6.61 Å². The van der Waals surface area contributed by atoms with Gasteiger partial charge in [-0.05, 0) is 30.3 Å². The van der Waals surface area contributed by atoms with E-state index in [1.54, 1.807) is 12.1 Å². The van der Waals surface area contributed by atoms with Crippen LogP contribution in [0.4, 0.5) is 8.78 Å². The Morgan fingerprint density at radius 3 is 2.71 bits per heavy atom. The fourth-order valence-electron chi connectivity index (χ4n) is 2.05. The zero-order valence-corrected chi connectivity index (χ0v) is 12.8. The highest BCUT2D eigenvalue weighted by atomic mass is 35.5. The minimum Gasteiger partial charge on any atom is -0.456 e. The molecule has 0 atom stereocenters. The maximum atomic E-state index is 13.1. The molecule has 0 saturated heterocycles. The molecular weight excluding hydrogens is 342 g/mol. The Kier molecular flexibility index (Phi) is 4.26. The van der Waals surface area contributed by atoms with Crippen molar-refractivity contribution in [1.29, 1.82) is 0 Å². The number of aromatic nitrogens is 2. The molecule has 3 rings (SSSR count). The molecule has 0 spiro atoms. The third kappa shape index (κ3) is 3.26. The lowest BCUT2D eigenvalue weighted by molar-refractivity contribution is 0.0467. The first-order valence-corrected chi connectivity index (χ1v) is 7.12. The topological polar surface area (TPSA) is 60.7 Å². The molecule has 0 unspecified atom stereocenters. The Balaban J connectivity index is 1.80. The maximum Gasteiger partial charge on any atom is 0.338 e. The molecule has 0 aliphatic rings. The van der Waals surface area contributed by atoms with E-state index in [0.717, 1.165) is 18.2 Å². The molecule has 2 aromatic heterocycles. The molecule has 0 aliphatic heterocycles. The highest BCUT2D eigenvalue weighted by molar-refractivity contribution is 6.30. The van der Waals surface area contributed by atoms with E-state index in [9.17, 15) is 18.4 Å². The average Bonchev–Trinajstić information content (AvgIpc) is 2.56. The first-order chi connectivity index (χ1) is 11.4. The summed E-state index contributed by atoms with van der Waals surface area (Å²) in [4.78, 5) is 28.0. The normalized spacial score (nSPS) is 10.8. The van der Waals surface area contributed by atoms with Crippen molar-refractivity contribution >= 4 is 23.2 Å². The second kappa shape index (κ2) is 6.37. The molecule has 122 valence electrons. The van der Waals surface area contributed by atoms with Gasteiger partial charge in [0.1, 0.15) is 12.3 Å². The van der Waals surface area contributed by atoms with E-state index < -0.39 is 17.6 Å². The van der Waals surface area contributed by atoms with Crippen LogP contribution in [0, 0.1) is 11.6 Å². The molecule has 0 fully saturated rings. The smallest absolute Gasteiger partial charge is 0.338 e. The maximum absolute atomic E-state index is 13.1. The quantitative estimate of drug-likeness (QED) is 0.681. The van der Waals surface area contributed by atoms with Crippen LogP contribution in [0.1, 0.15) is 16.1 Å². The predicted octanol–water partition coefficient (Wildman–Crippen LogP) is 2.98. The van der Waals surface area contributed by atoms with Crippen LogP contribution in [0.25, 0.3) is 5.65 Å². The number of benzene rings is 1. The van der Waals surface area contributed by atoms with Crippen LogP contribution < -0.4 is 5.56 Å². The van der Waals surface area contributed by atoms with E-state index in [1.165, 1.54) is 16.7 Å². The second-order valence-electron chi connectivity index (χ2n) is 4.87. The van der Waals surface area contributed by atoms with E-state index in [0.29, 0.717) is 10.7 Å². The van der Waals surface area contributed by atoms with E-state index in [-0.39, 0.29) is 23.4 Å². The van der Waals surface area contributed by atoms with Gasteiger partial charge < -0.3 is 4.74 Å². The molecule has 8 heteroatoms. The number of hydrogen-bond donors (Lipinski definition) is 0. The third-order valence-electron chi connectivity index (χ3n) is 3.18. The van der Waals surface area contributed by atoms with Crippen molar-refractivity contribution in [3.8, 4) is 0 Å². The second-order valence-corrected chi connectivity index (χ2v) is 5.30.